The second-order valence-electron chi connectivity index (χ2n) is 3.20. The van der Waals surface area contributed by atoms with Crippen molar-refractivity contribution in [2.24, 2.45) is 0 Å². The maximum Gasteiger partial charge on any atom is 0.0943 e. The highest BCUT2D eigenvalue weighted by Crippen LogP contribution is 2.21. The third-order valence-corrected chi connectivity index (χ3v) is 2.38. The molecule has 2 nitrogen and oxygen atoms in total. The van der Waals surface area contributed by atoms with Gasteiger partial charge in [-0.1, -0.05) is 30.3 Å². The molecule has 0 bridgehead atoms. The van der Waals surface area contributed by atoms with E-state index in [9.17, 15) is 5.11 Å². The zero-order chi connectivity index (χ0) is 8.39. The van der Waals surface area contributed by atoms with Gasteiger partial charge in [-0.05, 0) is 18.5 Å². The Morgan fingerprint density at radius 1 is 1.33 bits per heavy atom. The van der Waals surface area contributed by atoms with Crippen LogP contribution in [0.3, 0.4) is 0 Å². The minimum atomic E-state index is -0.333. The van der Waals surface area contributed by atoms with Gasteiger partial charge in [0.15, 0.2) is 0 Å². The summed E-state index contributed by atoms with van der Waals surface area (Å²) in [6, 6.07) is 10.1. The molecule has 0 saturated carbocycles. The topological polar surface area (TPSA) is 32.3 Å². The largest absolute Gasteiger partial charge is 0.387 e. The summed E-state index contributed by atoms with van der Waals surface area (Å²) in [5.74, 6) is 0. The number of hydrogen-bond donors (Lipinski definition) is 2. The normalized spacial score (nSPS) is 24.6. The molecular weight excluding hydrogens is 150 g/mol. The van der Waals surface area contributed by atoms with E-state index in [1.807, 2.05) is 30.3 Å². The van der Waals surface area contributed by atoms with E-state index in [4.69, 9.17) is 0 Å². The average Bonchev–Trinajstić information content (AvgIpc) is 2.03. The molecule has 2 N–H and O–H groups in total. The van der Waals surface area contributed by atoms with E-state index in [0.717, 1.165) is 18.5 Å². The van der Waals surface area contributed by atoms with Gasteiger partial charge in [-0.25, -0.2) is 0 Å². The Kier molecular flexibility index (Phi) is 2.11. The van der Waals surface area contributed by atoms with Gasteiger partial charge in [-0.2, -0.15) is 0 Å². The van der Waals surface area contributed by atoms with Crippen molar-refractivity contribution in [2.75, 3.05) is 6.54 Å². The van der Waals surface area contributed by atoms with Crippen LogP contribution in [0.2, 0.25) is 0 Å². The predicted octanol–water partition coefficient (Wildman–Crippen LogP) is 1.08. The van der Waals surface area contributed by atoms with Crippen LogP contribution in [0, 0.1) is 0 Å². The van der Waals surface area contributed by atoms with E-state index in [1.54, 1.807) is 0 Å². The Balaban J connectivity index is 2.08. The fourth-order valence-corrected chi connectivity index (χ4v) is 1.46. The average molecular weight is 163 g/mol. The van der Waals surface area contributed by atoms with Gasteiger partial charge in [0.25, 0.3) is 0 Å². The molecule has 2 unspecified atom stereocenters. The lowest BCUT2D eigenvalue weighted by atomic mass is 9.95. The van der Waals surface area contributed by atoms with Crippen LogP contribution < -0.4 is 5.32 Å². The molecule has 1 heterocycles. The van der Waals surface area contributed by atoms with Gasteiger partial charge in [-0.15, -0.1) is 0 Å². The number of aliphatic hydroxyl groups excluding tert-OH is 1. The molecule has 64 valence electrons. The third kappa shape index (κ3) is 1.36. The fraction of sp³-hybridized carbons (Fsp3) is 0.400. The van der Waals surface area contributed by atoms with Crippen molar-refractivity contribution in [3.8, 4) is 0 Å². The van der Waals surface area contributed by atoms with Crippen molar-refractivity contribution in [3.63, 3.8) is 0 Å². The number of aliphatic hydroxyl groups is 1. The first-order valence-electron chi connectivity index (χ1n) is 4.34. The highest BCUT2D eigenvalue weighted by Gasteiger charge is 2.25. The molecule has 1 aliphatic heterocycles. The summed E-state index contributed by atoms with van der Waals surface area (Å²) in [7, 11) is 0. The van der Waals surface area contributed by atoms with Crippen LogP contribution in [0.25, 0.3) is 0 Å². The molecule has 2 atom stereocenters. The number of benzene rings is 1. The van der Waals surface area contributed by atoms with Gasteiger partial charge in [0.1, 0.15) is 0 Å². The van der Waals surface area contributed by atoms with E-state index in [2.05, 4.69) is 5.32 Å². The fourth-order valence-electron chi connectivity index (χ4n) is 1.46. The molecule has 2 rings (SSSR count). The van der Waals surface area contributed by atoms with Gasteiger partial charge >= 0.3 is 0 Å². The molecule has 1 aliphatic rings. The lowest BCUT2D eigenvalue weighted by Crippen LogP contribution is -2.46. The summed E-state index contributed by atoms with van der Waals surface area (Å²) in [4.78, 5) is 0. The van der Waals surface area contributed by atoms with Gasteiger partial charge in [-0.3, -0.25) is 0 Å². The van der Waals surface area contributed by atoms with Crippen molar-refractivity contribution in [2.45, 2.75) is 18.6 Å². The third-order valence-electron chi connectivity index (χ3n) is 2.38. The summed E-state index contributed by atoms with van der Waals surface area (Å²) in [6.07, 6.45) is 0.746. The van der Waals surface area contributed by atoms with Gasteiger partial charge in [0, 0.05) is 6.04 Å². The molecule has 0 amide bonds. The van der Waals surface area contributed by atoms with Crippen LogP contribution in [-0.2, 0) is 0 Å². The van der Waals surface area contributed by atoms with Crippen molar-refractivity contribution in [1.29, 1.82) is 0 Å². The van der Waals surface area contributed by atoms with Crippen LogP contribution in [0.1, 0.15) is 18.1 Å². The first-order chi connectivity index (χ1) is 5.88. The second kappa shape index (κ2) is 3.25. The summed E-state index contributed by atoms with van der Waals surface area (Å²) in [5, 5.41) is 13.0. The summed E-state index contributed by atoms with van der Waals surface area (Å²) < 4.78 is 0. The summed E-state index contributed by atoms with van der Waals surface area (Å²) in [5.41, 5.74) is 1.01. The summed E-state index contributed by atoms with van der Waals surface area (Å²) in [6.45, 7) is 1.04. The smallest absolute Gasteiger partial charge is 0.0943 e. The first kappa shape index (κ1) is 7.77. The number of rotatable bonds is 2. The van der Waals surface area contributed by atoms with Gasteiger partial charge in [0.05, 0.1) is 6.10 Å². The van der Waals surface area contributed by atoms with Crippen LogP contribution in [0.15, 0.2) is 30.3 Å². The molecule has 0 spiro atoms. The Labute approximate surface area is 72.2 Å². The molecule has 1 saturated heterocycles. The van der Waals surface area contributed by atoms with Crippen molar-refractivity contribution >= 4 is 0 Å². The molecule has 0 radical (unpaired) electrons. The zero-order valence-electron chi connectivity index (χ0n) is 6.90. The molecule has 1 aromatic rings. The lowest BCUT2D eigenvalue weighted by Gasteiger charge is -2.32. The first-order valence-corrected chi connectivity index (χ1v) is 4.34. The molecule has 2 heteroatoms. The van der Waals surface area contributed by atoms with E-state index in [1.165, 1.54) is 0 Å². The zero-order valence-corrected chi connectivity index (χ0v) is 6.90. The standard InChI is InChI=1S/C10H13NO/c12-10(9-6-7-11-9)8-4-2-1-3-5-8/h1-5,9-12H,6-7H2. The summed E-state index contributed by atoms with van der Waals surface area (Å²) >= 11 is 0. The van der Waals surface area contributed by atoms with Crippen molar-refractivity contribution in [3.05, 3.63) is 35.9 Å². The maximum atomic E-state index is 9.78. The van der Waals surface area contributed by atoms with Crippen LogP contribution >= 0.6 is 0 Å². The quantitative estimate of drug-likeness (QED) is 0.683. The Bertz CT molecular complexity index is 243. The Morgan fingerprint density at radius 3 is 2.50 bits per heavy atom. The minimum Gasteiger partial charge on any atom is -0.387 e. The minimum absolute atomic E-state index is 0.271. The van der Waals surface area contributed by atoms with Gasteiger partial charge in [0.2, 0.25) is 0 Å². The molecule has 12 heavy (non-hydrogen) atoms. The predicted molar refractivity (Wildman–Crippen MR) is 47.8 cm³/mol. The SMILES string of the molecule is OC(c1ccccc1)C1CCN1. The van der Waals surface area contributed by atoms with Crippen molar-refractivity contribution < 1.29 is 5.11 Å². The van der Waals surface area contributed by atoms with E-state index < -0.39 is 0 Å². The number of nitrogens with one attached hydrogen (secondary N) is 1. The molecule has 1 fully saturated rings. The van der Waals surface area contributed by atoms with Crippen molar-refractivity contribution in [1.82, 2.24) is 5.32 Å². The van der Waals surface area contributed by atoms with Crippen LogP contribution in [0.5, 0.6) is 0 Å². The lowest BCUT2D eigenvalue weighted by molar-refractivity contribution is 0.0957. The van der Waals surface area contributed by atoms with Crippen LogP contribution in [-0.4, -0.2) is 17.7 Å². The highest BCUT2D eigenvalue weighted by atomic mass is 16.3. The second-order valence-corrected chi connectivity index (χ2v) is 3.20. The van der Waals surface area contributed by atoms with E-state index >= 15 is 0 Å². The van der Waals surface area contributed by atoms with E-state index in [0.29, 0.717) is 0 Å². The Hall–Kier alpha value is -0.860. The van der Waals surface area contributed by atoms with Gasteiger partial charge < -0.3 is 10.4 Å². The Morgan fingerprint density at radius 2 is 2.00 bits per heavy atom. The monoisotopic (exact) mass is 163 g/mol. The molecular formula is C10H13NO. The highest BCUT2D eigenvalue weighted by molar-refractivity contribution is 5.19. The number of hydrogen-bond acceptors (Lipinski definition) is 2. The molecule has 0 aromatic heterocycles. The molecule has 0 aliphatic carbocycles. The molecule has 1 aromatic carbocycles. The maximum absolute atomic E-state index is 9.78. The van der Waals surface area contributed by atoms with E-state index in [-0.39, 0.29) is 12.1 Å². The van der Waals surface area contributed by atoms with Crippen LogP contribution in [0.4, 0.5) is 0 Å².